The summed E-state index contributed by atoms with van der Waals surface area (Å²) in [5, 5.41) is 0. The Morgan fingerprint density at radius 1 is 0.581 bits per heavy atom. The van der Waals surface area contributed by atoms with Gasteiger partial charge in [0.1, 0.15) is 18.3 Å². The Morgan fingerprint density at radius 3 is 1.16 bits per heavy atom. The standard InChI is InChI=1S/C5H12O20S5.Na/c6-26(7,8)21-1-3(23-28(12,13)14)5(25-30(18,19)20)4(24-29(15,16)17)2-22-27(9,10)11;/h3-5H,1-2H2,(H,6,7,8)(H,9,10,11)(H,12,13,14)(H,15,16,17)(H,18,19,20);/q;+1/p-1. The van der Waals surface area contributed by atoms with Gasteiger partial charge in [-0.15, -0.1) is 0 Å². The third-order valence-electron chi connectivity index (χ3n) is 2.21. The molecule has 31 heavy (non-hydrogen) atoms. The first-order valence-electron chi connectivity index (χ1n) is 6.16. The molecule has 26 heteroatoms. The quantitative estimate of drug-likeness (QED) is 0.0850. The average Bonchev–Trinajstić information content (AvgIpc) is 2.40. The third kappa shape index (κ3) is 19.5. The van der Waals surface area contributed by atoms with E-state index in [1.165, 1.54) is 0 Å². The van der Waals surface area contributed by atoms with Gasteiger partial charge in [0, 0.05) is 0 Å². The minimum Gasteiger partial charge on any atom is -0.726 e. The van der Waals surface area contributed by atoms with Crippen LogP contribution in [0.2, 0.25) is 0 Å². The van der Waals surface area contributed by atoms with Gasteiger partial charge in [0.15, 0.2) is 0 Å². The Labute approximate surface area is 197 Å². The maximum absolute atomic E-state index is 11.0. The molecule has 20 nitrogen and oxygen atoms in total. The van der Waals surface area contributed by atoms with E-state index in [4.69, 9.17) is 18.2 Å². The summed E-state index contributed by atoms with van der Waals surface area (Å²) in [4.78, 5) is 0. The molecule has 0 radical (unpaired) electrons. The van der Waals surface area contributed by atoms with Gasteiger partial charge in [-0.25, -0.2) is 25.2 Å². The number of hydrogen-bond donors (Lipinski definition) is 4. The maximum Gasteiger partial charge on any atom is 1.00 e. The summed E-state index contributed by atoms with van der Waals surface area (Å²) in [5.74, 6) is 0. The van der Waals surface area contributed by atoms with E-state index in [0.29, 0.717) is 0 Å². The summed E-state index contributed by atoms with van der Waals surface area (Å²) in [6.45, 7) is -3.75. The van der Waals surface area contributed by atoms with Gasteiger partial charge >= 0.3 is 71.2 Å². The largest absolute Gasteiger partial charge is 1.00 e. The topological polar surface area (TPSA) is 321 Å². The summed E-state index contributed by atoms with van der Waals surface area (Å²) < 4.78 is 171. The average molecular weight is 574 g/mol. The molecule has 0 aromatic carbocycles. The molecule has 3 unspecified atom stereocenters. The molecule has 0 amide bonds. The second-order valence-electron chi connectivity index (χ2n) is 4.52. The summed E-state index contributed by atoms with van der Waals surface area (Å²) >= 11 is 0. The van der Waals surface area contributed by atoms with Crippen molar-refractivity contribution in [2.24, 2.45) is 0 Å². The van der Waals surface area contributed by atoms with Crippen molar-refractivity contribution < 1.29 is 115 Å². The van der Waals surface area contributed by atoms with Crippen molar-refractivity contribution in [3.05, 3.63) is 0 Å². The van der Waals surface area contributed by atoms with E-state index in [2.05, 4.69) is 20.9 Å². The molecule has 4 N–H and O–H groups in total. The molecular weight excluding hydrogens is 563 g/mol. The van der Waals surface area contributed by atoms with E-state index in [0.717, 1.165) is 0 Å². The Balaban J connectivity index is 0. The van der Waals surface area contributed by atoms with Gasteiger partial charge in [-0.05, 0) is 0 Å². The second-order valence-corrected chi connectivity index (χ2v) is 9.81. The maximum atomic E-state index is 11.0. The molecule has 0 aromatic heterocycles. The van der Waals surface area contributed by atoms with Crippen molar-refractivity contribution in [1.29, 1.82) is 0 Å². The van der Waals surface area contributed by atoms with Crippen LogP contribution in [-0.4, -0.2) is 96.4 Å². The number of rotatable bonds is 14. The third-order valence-corrected chi connectivity index (χ3v) is 4.52. The molecule has 0 aliphatic carbocycles. The van der Waals surface area contributed by atoms with Crippen LogP contribution in [-0.2, 0) is 72.9 Å². The molecule has 0 bridgehead atoms. The molecule has 0 spiro atoms. The second kappa shape index (κ2) is 12.2. The first kappa shape index (κ1) is 33.5. The smallest absolute Gasteiger partial charge is 0.726 e. The Hall–Kier alpha value is 0.350. The van der Waals surface area contributed by atoms with Crippen LogP contribution in [0.15, 0.2) is 0 Å². The zero-order valence-electron chi connectivity index (χ0n) is 14.5. The Bertz CT molecular complexity index is 1020. The van der Waals surface area contributed by atoms with Gasteiger partial charge < -0.3 is 4.55 Å². The summed E-state index contributed by atoms with van der Waals surface area (Å²) in [6.07, 6.45) is -8.90. The molecular formula is C5H11NaO20S5. The van der Waals surface area contributed by atoms with Crippen molar-refractivity contribution in [2.45, 2.75) is 18.3 Å². The SMILES string of the molecule is O=S(=O)([O-])OCC(OS(=O)(=O)O)C(OS(=O)(=O)O)C(COS(=O)(=O)O)OS(=O)(=O)O.[Na+]. The predicted octanol–water partition coefficient (Wildman–Crippen LogP) is -7.15. The van der Waals surface area contributed by atoms with Crippen LogP contribution < -0.4 is 29.6 Å². The van der Waals surface area contributed by atoms with E-state index in [9.17, 15) is 46.6 Å². The Morgan fingerprint density at radius 2 is 0.903 bits per heavy atom. The molecule has 0 aliphatic heterocycles. The van der Waals surface area contributed by atoms with Gasteiger partial charge in [-0.3, -0.25) is 22.4 Å². The van der Waals surface area contributed by atoms with Crippen LogP contribution in [0.4, 0.5) is 0 Å². The van der Waals surface area contributed by atoms with Gasteiger partial charge in [-0.2, -0.15) is 33.7 Å². The number of hydrogen-bond acceptors (Lipinski definition) is 16. The fourth-order valence-corrected chi connectivity index (χ4v) is 3.56. The molecule has 0 saturated heterocycles. The van der Waals surface area contributed by atoms with E-state index < -0.39 is 83.5 Å². The van der Waals surface area contributed by atoms with Crippen LogP contribution in [0, 0.1) is 0 Å². The molecule has 0 aromatic rings. The van der Waals surface area contributed by atoms with Crippen molar-refractivity contribution >= 4 is 52.0 Å². The molecule has 3 atom stereocenters. The summed E-state index contributed by atoms with van der Waals surface area (Å²) in [6, 6.07) is 0. The molecule has 0 fully saturated rings. The predicted molar refractivity (Wildman–Crippen MR) is 82.4 cm³/mol. The van der Waals surface area contributed by atoms with E-state index >= 15 is 0 Å². The monoisotopic (exact) mass is 574 g/mol. The van der Waals surface area contributed by atoms with E-state index in [1.807, 2.05) is 0 Å². The molecule has 0 aliphatic rings. The zero-order chi connectivity index (χ0) is 24.2. The first-order chi connectivity index (χ1) is 13.0. The van der Waals surface area contributed by atoms with Crippen LogP contribution in [0.1, 0.15) is 0 Å². The van der Waals surface area contributed by atoms with Gasteiger partial charge in [0.2, 0.25) is 10.4 Å². The molecule has 0 saturated carbocycles. The van der Waals surface area contributed by atoms with Crippen LogP contribution in [0.25, 0.3) is 0 Å². The van der Waals surface area contributed by atoms with Crippen LogP contribution in [0.5, 0.6) is 0 Å². The minimum atomic E-state index is -5.80. The van der Waals surface area contributed by atoms with E-state index in [-0.39, 0.29) is 29.6 Å². The Kier molecular flexibility index (Phi) is 13.2. The van der Waals surface area contributed by atoms with Gasteiger partial charge in [-0.1, -0.05) is 0 Å². The van der Waals surface area contributed by atoms with Crippen molar-refractivity contribution in [3.8, 4) is 0 Å². The molecule has 182 valence electrons. The molecule has 0 heterocycles. The zero-order valence-corrected chi connectivity index (χ0v) is 20.6. The van der Waals surface area contributed by atoms with Gasteiger partial charge in [0.25, 0.3) is 0 Å². The minimum absolute atomic E-state index is 0. The van der Waals surface area contributed by atoms with Crippen LogP contribution in [0.3, 0.4) is 0 Å². The fraction of sp³-hybridized carbons (Fsp3) is 1.00. The van der Waals surface area contributed by atoms with Crippen LogP contribution >= 0.6 is 0 Å². The van der Waals surface area contributed by atoms with Gasteiger partial charge in [0.05, 0.1) is 13.2 Å². The molecule has 0 rings (SSSR count). The van der Waals surface area contributed by atoms with E-state index in [1.54, 1.807) is 0 Å². The van der Waals surface area contributed by atoms with Crippen molar-refractivity contribution in [3.63, 3.8) is 0 Å². The fourth-order valence-electron chi connectivity index (χ4n) is 1.47. The summed E-state index contributed by atoms with van der Waals surface area (Å²) in [5.41, 5.74) is 0. The normalized spacial score (nSPS) is 16.8. The van der Waals surface area contributed by atoms with Crippen molar-refractivity contribution in [2.75, 3.05) is 13.2 Å². The summed E-state index contributed by atoms with van der Waals surface area (Å²) in [7, 11) is -28.4. The first-order valence-corrected chi connectivity index (χ1v) is 13.0. The van der Waals surface area contributed by atoms with Crippen molar-refractivity contribution in [1.82, 2.24) is 0 Å².